The van der Waals surface area contributed by atoms with Gasteiger partial charge in [-0.3, -0.25) is 0 Å². The van der Waals surface area contributed by atoms with Gasteiger partial charge in [-0.25, -0.2) is 0 Å². The Bertz CT molecular complexity index is 3250. The summed E-state index contributed by atoms with van der Waals surface area (Å²) in [5.41, 5.74) is 11.4. The molecule has 3 aromatic heterocycles. The molecule has 0 saturated heterocycles. The van der Waals surface area contributed by atoms with E-state index < -0.39 is 0 Å². The van der Waals surface area contributed by atoms with E-state index in [0.717, 1.165) is 43.6 Å². The van der Waals surface area contributed by atoms with Gasteiger partial charge in [-0.15, -0.1) is 11.3 Å². The van der Waals surface area contributed by atoms with Crippen LogP contribution in [0, 0.1) is 22.7 Å². The first-order chi connectivity index (χ1) is 25.5. The summed E-state index contributed by atoms with van der Waals surface area (Å²) in [5.74, 6) is 0. The number of fused-ring (bicyclic) bond motifs is 12. The van der Waals surface area contributed by atoms with Gasteiger partial charge in [-0.1, -0.05) is 92.7 Å². The summed E-state index contributed by atoms with van der Waals surface area (Å²) in [6, 6.07) is 52.1. The number of hydrogen-bond donors (Lipinski definition) is 0. The van der Waals surface area contributed by atoms with E-state index in [9.17, 15) is 10.5 Å². The normalized spacial score (nSPS) is 13.3. The van der Waals surface area contributed by atoms with E-state index in [-0.39, 0.29) is 5.41 Å². The molecule has 242 valence electrons. The molecule has 0 radical (unpaired) electrons. The molecule has 5 heteroatoms. The average Bonchev–Trinajstić information content (AvgIpc) is 3.88. The van der Waals surface area contributed by atoms with Crippen LogP contribution < -0.4 is 0 Å². The fraction of sp³-hybridized carbons (Fsp3) is 0.0638. The van der Waals surface area contributed by atoms with E-state index in [1.165, 1.54) is 42.4 Å². The molecule has 3 heterocycles. The summed E-state index contributed by atoms with van der Waals surface area (Å²) in [6.45, 7) is 4.60. The van der Waals surface area contributed by atoms with Crippen molar-refractivity contribution in [3.05, 3.63) is 156 Å². The van der Waals surface area contributed by atoms with Gasteiger partial charge in [0.1, 0.15) is 12.1 Å². The molecule has 0 spiro atoms. The molecule has 7 aromatic carbocycles. The van der Waals surface area contributed by atoms with E-state index in [1.807, 2.05) is 36.4 Å². The molecule has 0 atom stereocenters. The number of benzene rings is 7. The summed E-state index contributed by atoms with van der Waals surface area (Å²) in [4.78, 5) is 0. The minimum Gasteiger partial charge on any atom is -0.308 e. The van der Waals surface area contributed by atoms with Gasteiger partial charge in [0.05, 0.1) is 44.6 Å². The lowest BCUT2D eigenvalue weighted by molar-refractivity contribution is 0.661. The Kier molecular flexibility index (Phi) is 5.71. The third kappa shape index (κ3) is 3.68. The lowest BCUT2D eigenvalue weighted by Crippen LogP contribution is -2.15. The van der Waals surface area contributed by atoms with Gasteiger partial charge in [0.25, 0.3) is 0 Å². The fourth-order valence-corrected chi connectivity index (χ4v) is 10.1. The van der Waals surface area contributed by atoms with E-state index in [2.05, 4.69) is 132 Å². The van der Waals surface area contributed by atoms with Gasteiger partial charge in [0.15, 0.2) is 0 Å². The smallest absolute Gasteiger partial charge is 0.101 e. The topological polar surface area (TPSA) is 57.4 Å². The summed E-state index contributed by atoms with van der Waals surface area (Å²) in [6.07, 6.45) is 0. The van der Waals surface area contributed by atoms with Gasteiger partial charge in [-0.05, 0) is 76.9 Å². The molecule has 0 fully saturated rings. The van der Waals surface area contributed by atoms with Gasteiger partial charge < -0.3 is 9.13 Å². The number of rotatable bonds is 2. The van der Waals surface area contributed by atoms with Gasteiger partial charge in [0, 0.05) is 47.1 Å². The summed E-state index contributed by atoms with van der Waals surface area (Å²) >= 11 is 1.79. The first-order valence-electron chi connectivity index (χ1n) is 17.5. The molecule has 52 heavy (non-hydrogen) atoms. The second-order valence-electron chi connectivity index (χ2n) is 14.4. The SMILES string of the molecule is CC1(C)c2ccccc2-c2cc3c4cc5c(cc4n(-c4cc(C#N)c(-n6c7ccccc7c7ccccc76)cc4C#N)c3cc21)sc1ccccc15. The maximum Gasteiger partial charge on any atom is 0.101 e. The molecule has 0 bridgehead atoms. The van der Waals surface area contributed by atoms with Crippen molar-refractivity contribution in [2.75, 3.05) is 0 Å². The second kappa shape index (κ2) is 10.2. The van der Waals surface area contributed by atoms with E-state index in [4.69, 9.17) is 0 Å². The van der Waals surface area contributed by atoms with Crippen LogP contribution in [0.3, 0.4) is 0 Å². The zero-order valence-corrected chi connectivity index (χ0v) is 29.2. The van der Waals surface area contributed by atoms with Crippen LogP contribution in [0.5, 0.6) is 0 Å². The maximum absolute atomic E-state index is 10.9. The highest BCUT2D eigenvalue weighted by molar-refractivity contribution is 7.25. The van der Waals surface area contributed by atoms with Crippen LogP contribution in [-0.2, 0) is 5.41 Å². The van der Waals surface area contributed by atoms with Gasteiger partial charge in [0.2, 0.25) is 0 Å². The van der Waals surface area contributed by atoms with Crippen LogP contribution in [0.1, 0.15) is 36.1 Å². The molecular weight excluding hydrogens is 653 g/mol. The highest BCUT2D eigenvalue weighted by Gasteiger charge is 2.36. The summed E-state index contributed by atoms with van der Waals surface area (Å²) < 4.78 is 6.81. The molecule has 0 amide bonds. The standard InChI is InChI=1S/C47H28N4S/c1-47(2)37-15-7-3-11-29(37)33-21-34-35-22-36-32-14-6-10-18-45(32)52-46(36)24-44(35)51(43(34)23-38(33)47)42-20-27(25-48)41(19-28(42)26-49)50-39-16-8-4-12-30(39)31-13-5-9-17-40(31)50/h3-24H,1-2H3. The molecule has 0 saturated carbocycles. The van der Waals surface area contributed by atoms with Crippen LogP contribution in [0.4, 0.5) is 0 Å². The molecule has 10 aromatic rings. The van der Waals surface area contributed by atoms with Crippen molar-refractivity contribution in [1.29, 1.82) is 10.5 Å². The van der Waals surface area contributed by atoms with E-state index in [0.29, 0.717) is 22.5 Å². The minimum absolute atomic E-state index is 0.200. The maximum atomic E-state index is 10.9. The Hall–Kier alpha value is -6.66. The molecule has 4 nitrogen and oxygen atoms in total. The molecule has 1 aliphatic rings. The summed E-state index contributed by atoms with van der Waals surface area (Å²) in [5, 5.41) is 28.7. The first kappa shape index (κ1) is 29.1. The van der Waals surface area contributed by atoms with Crippen molar-refractivity contribution >= 4 is 75.1 Å². The molecule has 0 aliphatic heterocycles. The Morgan fingerprint density at radius 2 is 1.02 bits per heavy atom. The number of aromatic nitrogens is 2. The van der Waals surface area contributed by atoms with Gasteiger partial charge in [-0.2, -0.15) is 10.5 Å². The molecule has 11 rings (SSSR count). The van der Waals surface area contributed by atoms with Gasteiger partial charge >= 0.3 is 0 Å². The number of para-hydroxylation sites is 2. The number of nitriles is 2. The van der Waals surface area contributed by atoms with Crippen molar-refractivity contribution in [2.24, 2.45) is 0 Å². The zero-order chi connectivity index (χ0) is 34.9. The predicted molar refractivity (Wildman–Crippen MR) is 215 cm³/mol. The third-order valence-corrected chi connectivity index (χ3v) is 12.5. The summed E-state index contributed by atoms with van der Waals surface area (Å²) in [7, 11) is 0. The van der Waals surface area contributed by atoms with Crippen LogP contribution in [-0.4, -0.2) is 9.13 Å². The van der Waals surface area contributed by atoms with E-state index in [1.54, 1.807) is 11.3 Å². The predicted octanol–water partition coefficient (Wildman–Crippen LogP) is 12.3. The third-order valence-electron chi connectivity index (χ3n) is 11.4. The van der Waals surface area contributed by atoms with Crippen molar-refractivity contribution < 1.29 is 0 Å². The van der Waals surface area contributed by atoms with E-state index >= 15 is 0 Å². The largest absolute Gasteiger partial charge is 0.308 e. The van der Waals surface area contributed by atoms with Crippen LogP contribution in [0.2, 0.25) is 0 Å². The molecule has 0 unspecified atom stereocenters. The number of nitrogens with zero attached hydrogens (tertiary/aromatic N) is 4. The van der Waals surface area contributed by atoms with Crippen molar-refractivity contribution in [3.63, 3.8) is 0 Å². The van der Waals surface area contributed by atoms with Crippen LogP contribution >= 0.6 is 11.3 Å². The van der Waals surface area contributed by atoms with Crippen molar-refractivity contribution in [2.45, 2.75) is 19.3 Å². The second-order valence-corrected chi connectivity index (χ2v) is 15.4. The molecular formula is C47H28N4S. The van der Waals surface area contributed by atoms with Crippen molar-refractivity contribution in [3.8, 4) is 34.6 Å². The fourth-order valence-electron chi connectivity index (χ4n) is 9.00. The quantitative estimate of drug-likeness (QED) is 0.182. The van der Waals surface area contributed by atoms with Crippen LogP contribution in [0.25, 0.3) is 86.3 Å². The first-order valence-corrected chi connectivity index (χ1v) is 18.3. The average molecular weight is 681 g/mol. The minimum atomic E-state index is -0.200. The highest BCUT2D eigenvalue weighted by Crippen LogP contribution is 2.52. The Morgan fingerprint density at radius 1 is 0.462 bits per heavy atom. The molecule has 0 N–H and O–H groups in total. The van der Waals surface area contributed by atoms with Crippen LogP contribution in [0.15, 0.2) is 133 Å². The Labute approximate surface area is 303 Å². The Balaban J connectivity index is 1.27. The monoisotopic (exact) mass is 680 g/mol. The Morgan fingerprint density at radius 3 is 1.71 bits per heavy atom. The molecule has 1 aliphatic carbocycles. The highest BCUT2D eigenvalue weighted by atomic mass is 32.1. The zero-order valence-electron chi connectivity index (χ0n) is 28.4. The van der Waals surface area contributed by atoms with Crippen molar-refractivity contribution in [1.82, 2.24) is 9.13 Å². The lowest BCUT2D eigenvalue weighted by atomic mass is 9.82. The lowest BCUT2D eigenvalue weighted by Gasteiger charge is -2.22. The number of hydrogen-bond acceptors (Lipinski definition) is 3. The number of thiophene rings is 1.